The quantitative estimate of drug-likeness (QED) is 0.771. The maximum atomic E-state index is 3.59. The van der Waals surface area contributed by atoms with Crippen molar-refractivity contribution in [3.63, 3.8) is 0 Å². The van der Waals surface area contributed by atoms with Crippen LogP contribution in [0.5, 0.6) is 0 Å². The summed E-state index contributed by atoms with van der Waals surface area (Å²) in [6.45, 7) is 5.54. The molecule has 0 aromatic heterocycles. The Labute approximate surface area is 98.7 Å². The third-order valence-electron chi connectivity index (χ3n) is 2.96. The van der Waals surface area contributed by atoms with E-state index in [1.165, 1.54) is 42.5 Å². The lowest BCUT2D eigenvalue weighted by Gasteiger charge is -2.24. The molecule has 1 heterocycles. The minimum Gasteiger partial charge on any atom is -0.310 e. The summed E-state index contributed by atoms with van der Waals surface area (Å²) in [5, 5.41) is 3.59. The van der Waals surface area contributed by atoms with Gasteiger partial charge in [-0.05, 0) is 38.8 Å². The zero-order valence-corrected chi connectivity index (χ0v) is 10.4. The Morgan fingerprint density at radius 2 is 1.73 bits per heavy atom. The van der Waals surface area contributed by atoms with Gasteiger partial charge in [-0.25, -0.2) is 0 Å². The second kappa shape index (κ2) is 5.53. The minimum absolute atomic E-state index is 0. The molecule has 2 heteroatoms. The van der Waals surface area contributed by atoms with Crippen molar-refractivity contribution >= 4 is 12.4 Å². The normalized spacial score (nSPS) is 20.8. The van der Waals surface area contributed by atoms with Crippen LogP contribution in [0.15, 0.2) is 18.2 Å². The summed E-state index contributed by atoms with van der Waals surface area (Å²) in [6, 6.07) is 7.47. The monoisotopic (exact) mass is 225 g/mol. The van der Waals surface area contributed by atoms with Crippen LogP contribution in [0.25, 0.3) is 0 Å². The number of hydrogen-bond acceptors (Lipinski definition) is 1. The summed E-state index contributed by atoms with van der Waals surface area (Å²) in [5.41, 5.74) is 4.24. The van der Waals surface area contributed by atoms with Crippen LogP contribution in [0.1, 0.15) is 42.0 Å². The molecule has 1 aromatic carbocycles. The molecule has 1 saturated heterocycles. The molecular weight excluding hydrogens is 206 g/mol. The van der Waals surface area contributed by atoms with Crippen LogP contribution in [0.3, 0.4) is 0 Å². The van der Waals surface area contributed by atoms with Gasteiger partial charge in [-0.2, -0.15) is 0 Å². The Kier molecular flexibility index (Phi) is 4.62. The van der Waals surface area contributed by atoms with Crippen LogP contribution in [0.4, 0.5) is 0 Å². The van der Waals surface area contributed by atoms with Crippen LogP contribution >= 0.6 is 12.4 Å². The summed E-state index contributed by atoms with van der Waals surface area (Å²) < 4.78 is 0. The van der Waals surface area contributed by atoms with Gasteiger partial charge in [-0.3, -0.25) is 0 Å². The first-order chi connectivity index (χ1) is 6.75. The van der Waals surface area contributed by atoms with E-state index in [9.17, 15) is 0 Å². The van der Waals surface area contributed by atoms with Crippen molar-refractivity contribution in [1.82, 2.24) is 5.32 Å². The van der Waals surface area contributed by atoms with E-state index in [2.05, 4.69) is 37.4 Å². The van der Waals surface area contributed by atoms with Crippen molar-refractivity contribution < 1.29 is 0 Å². The molecule has 0 spiro atoms. The molecule has 0 aliphatic carbocycles. The van der Waals surface area contributed by atoms with E-state index in [0.29, 0.717) is 6.04 Å². The van der Waals surface area contributed by atoms with E-state index in [-0.39, 0.29) is 12.4 Å². The van der Waals surface area contributed by atoms with Crippen molar-refractivity contribution in [3.8, 4) is 0 Å². The number of piperidine rings is 1. The van der Waals surface area contributed by atoms with Crippen LogP contribution in [-0.4, -0.2) is 6.54 Å². The average Bonchev–Trinajstić information content (AvgIpc) is 2.18. The maximum Gasteiger partial charge on any atom is 0.0320 e. The van der Waals surface area contributed by atoms with Crippen molar-refractivity contribution in [2.45, 2.75) is 39.2 Å². The Balaban J connectivity index is 0.00000112. The fourth-order valence-corrected chi connectivity index (χ4v) is 2.35. The number of benzene rings is 1. The van der Waals surface area contributed by atoms with Gasteiger partial charge in [0.25, 0.3) is 0 Å². The zero-order valence-electron chi connectivity index (χ0n) is 9.55. The molecular formula is C13H20ClN. The molecule has 1 nitrogen and oxygen atoms in total. The Bertz CT molecular complexity index is 296. The number of nitrogens with one attached hydrogen (secondary N) is 1. The van der Waals surface area contributed by atoms with Crippen molar-refractivity contribution in [1.29, 1.82) is 0 Å². The largest absolute Gasteiger partial charge is 0.310 e. The molecule has 1 aliphatic rings. The number of aryl methyl sites for hydroxylation is 2. The lowest BCUT2D eigenvalue weighted by Crippen LogP contribution is -2.26. The molecule has 0 amide bonds. The molecule has 1 aromatic rings. The standard InChI is InChI=1S/C13H19N.ClH/c1-10-7-11(2)9-12(8-10)13-5-3-4-6-14-13;/h7-9,13-14H,3-6H2,1-2H3;1H/t13-;/m0./s1. The minimum atomic E-state index is 0. The van der Waals surface area contributed by atoms with Crippen LogP contribution in [0, 0.1) is 13.8 Å². The Hall–Kier alpha value is -0.530. The first kappa shape index (κ1) is 12.5. The van der Waals surface area contributed by atoms with Gasteiger partial charge < -0.3 is 5.32 Å². The van der Waals surface area contributed by atoms with Crippen LogP contribution in [0.2, 0.25) is 0 Å². The van der Waals surface area contributed by atoms with Crippen molar-refractivity contribution in [3.05, 3.63) is 34.9 Å². The topological polar surface area (TPSA) is 12.0 Å². The highest BCUT2D eigenvalue weighted by atomic mass is 35.5. The second-order valence-corrected chi connectivity index (χ2v) is 4.42. The molecule has 1 N–H and O–H groups in total. The molecule has 2 rings (SSSR count). The zero-order chi connectivity index (χ0) is 9.97. The number of hydrogen-bond donors (Lipinski definition) is 1. The molecule has 1 atom stereocenters. The Morgan fingerprint density at radius 3 is 2.27 bits per heavy atom. The molecule has 0 radical (unpaired) electrons. The molecule has 0 bridgehead atoms. The lowest BCUT2D eigenvalue weighted by molar-refractivity contribution is 0.412. The van der Waals surface area contributed by atoms with Crippen molar-refractivity contribution in [2.24, 2.45) is 0 Å². The number of rotatable bonds is 1. The summed E-state index contributed by atoms with van der Waals surface area (Å²) in [7, 11) is 0. The highest BCUT2D eigenvalue weighted by molar-refractivity contribution is 5.85. The van der Waals surface area contributed by atoms with E-state index >= 15 is 0 Å². The molecule has 84 valence electrons. The summed E-state index contributed by atoms with van der Waals surface area (Å²) >= 11 is 0. The third-order valence-corrected chi connectivity index (χ3v) is 2.96. The van der Waals surface area contributed by atoms with Gasteiger partial charge in [0.15, 0.2) is 0 Å². The fraction of sp³-hybridized carbons (Fsp3) is 0.538. The lowest BCUT2D eigenvalue weighted by atomic mass is 9.95. The highest BCUT2D eigenvalue weighted by Crippen LogP contribution is 2.24. The molecule has 1 fully saturated rings. The van der Waals surface area contributed by atoms with Gasteiger partial charge in [0, 0.05) is 6.04 Å². The van der Waals surface area contributed by atoms with Crippen molar-refractivity contribution in [2.75, 3.05) is 6.54 Å². The number of halogens is 1. The molecule has 0 unspecified atom stereocenters. The smallest absolute Gasteiger partial charge is 0.0320 e. The van der Waals surface area contributed by atoms with E-state index in [1.54, 1.807) is 0 Å². The van der Waals surface area contributed by atoms with Gasteiger partial charge in [0.2, 0.25) is 0 Å². The first-order valence-corrected chi connectivity index (χ1v) is 5.57. The van der Waals surface area contributed by atoms with Gasteiger partial charge in [-0.1, -0.05) is 35.7 Å². The van der Waals surface area contributed by atoms with E-state index in [1.807, 2.05) is 0 Å². The van der Waals surface area contributed by atoms with Crippen LogP contribution < -0.4 is 5.32 Å². The molecule has 15 heavy (non-hydrogen) atoms. The average molecular weight is 226 g/mol. The van der Waals surface area contributed by atoms with Gasteiger partial charge in [0.1, 0.15) is 0 Å². The van der Waals surface area contributed by atoms with Gasteiger partial charge >= 0.3 is 0 Å². The fourth-order valence-electron chi connectivity index (χ4n) is 2.35. The van der Waals surface area contributed by atoms with E-state index in [0.717, 1.165) is 0 Å². The maximum absolute atomic E-state index is 3.59. The molecule has 0 saturated carbocycles. The molecule has 1 aliphatic heterocycles. The Morgan fingerprint density at radius 1 is 1.07 bits per heavy atom. The van der Waals surface area contributed by atoms with Gasteiger partial charge in [0.05, 0.1) is 0 Å². The third kappa shape index (κ3) is 3.22. The SMILES string of the molecule is Cc1cc(C)cc([C@@H]2CCCCN2)c1.Cl. The second-order valence-electron chi connectivity index (χ2n) is 4.42. The van der Waals surface area contributed by atoms with E-state index < -0.39 is 0 Å². The summed E-state index contributed by atoms with van der Waals surface area (Å²) in [5.74, 6) is 0. The predicted molar refractivity (Wildman–Crippen MR) is 67.8 cm³/mol. The van der Waals surface area contributed by atoms with Crippen LogP contribution in [-0.2, 0) is 0 Å². The van der Waals surface area contributed by atoms with E-state index in [4.69, 9.17) is 0 Å². The first-order valence-electron chi connectivity index (χ1n) is 5.57. The summed E-state index contributed by atoms with van der Waals surface area (Å²) in [6.07, 6.45) is 3.99. The highest BCUT2D eigenvalue weighted by Gasteiger charge is 2.14. The summed E-state index contributed by atoms with van der Waals surface area (Å²) in [4.78, 5) is 0. The predicted octanol–water partition coefficient (Wildman–Crippen LogP) is 3.54. The van der Waals surface area contributed by atoms with Gasteiger partial charge in [-0.15, -0.1) is 12.4 Å².